The van der Waals surface area contributed by atoms with Crippen LogP contribution in [-0.4, -0.2) is 5.84 Å². The second-order valence-corrected chi connectivity index (χ2v) is 4.35. The number of furan rings is 1. The van der Waals surface area contributed by atoms with Crippen LogP contribution < -0.4 is 5.73 Å². The van der Waals surface area contributed by atoms with Crippen molar-refractivity contribution in [2.45, 2.75) is 19.8 Å². The molecule has 3 nitrogen and oxygen atoms in total. The third-order valence-electron chi connectivity index (χ3n) is 2.73. The largest absolute Gasteiger partial charge is 0.453 e. The Balaban J connectivity index is 2.30. The lowest BCUT2D eigenvalue weighted by Crippen LogP contribution is -2.09. The molecule has 1 heterocycles. The number of nitrogens with two attached hydrogens (primary N) is 1. The number of nitrogens with one attached hydrogen (secondary N) is 1. The minimum absolute atomic E-state index is 0.0462. The van der Waals surface area contributed by atoms with Crippen molar-refractivity contribution in [3.63, 3.8) is 0 Å². The van der Waals surface area contributed by atoms with Gasteiger partial charge < -0.3 is 10.2 Å². The molecule has 0 saturated carbocycles. The van der Waals surface area contributed by atoms with Gasteiger partial charge in [-0.15, -0.1) is 0 Å². The summed E-state index contributed by atoms with van der Waals surface area (Å²) in [6, 6.07) is 11.8. The summed E-state index contributed by atoms with van der Waals surface area (Å²) in [5.41, 5.74) is 7.66. The predicted octanol–water partition coefficient (Wildman–Crippen LogP) is 3.35. The van der Waals surface area contributed by atoms with Crippen LogP contribution in [-0.2, 0) is 0 Å². The molecule has 0 fully saturated rings. The van der Waals surface area contributed by atoms with Crippen LogP contribution in [0.4, 0.5) is 0 Å². The van der Waals surface area contributed by atoms with Gasteiger partial charge in [0.05, 0.1) is 0 Å². The lowest BCUT2D eigenvalue weighted by atomic mass is 10.0. The standard InChI is InChI=1S/C14H16N2O/c1-9(2)10-3-5-11(6-4-10)12-7-8-13(17-12)14(15)16/h3-9H,1-2H3,(H3,15,16). The van der Waals surface area contributed by atoms with E-state index < -0.39 is 0 Å². The van der Waals surface area contributed by atoms with E-state index in [0.717, 1.165) is 11.3 Å². The summed E-state index contributed by atoms with van der Waals surface area (Å²) in [6.45, 7) is 4.32. The third kappa shape index (κ3) is 2.38. The van der Waals surface area contributed by atoms with Gasteiger partial charge in [-0.2, -0.15) is 0 Å². The first-order valence-electron chi connectivity index (χ1n) is 5.62. The average Bonchev–Trinajstić information content (AvgIpc) is 2.78. The molecule has 0 atom stereocenters. The molecule has 0 aliphatic heterocycles. The second-order valence-electron chi connectivity index (χ2n) is 4.35. The lowest BCUT2D eigenvalue weighted by molar-refractivity contribution is 0.571. The molecule has 3 heteroatoms. The van der Waals surface area contributed by atoms with Crippen LogP contribution in [0.2, 0.25) is 0 Å². The van der Waals surface area contributed by atoms with Crippen molar-refractivity contribution in [1.29, 1.82) is 5.41 Å². The molecular weight excluding hydrogens is 212 g/mol. The zero-order valence-electron chi connectivity index (χ0n) is 10.0. The predicted molar refractivity (Wildman–Crippen MR) is 69.2 cm³/mol. The smallest absolute Gasteiger partial charge is 0.168 e. The van der Waals surface area contributed by atoms with Gasteiger partial charge in [0.25, 0.3) is 0 Å². The van der Waals surface area contributed by atoms with Crippen LogP contribution in [0.15, 0.2) is 40.8 Å². The highest BCUT2D eigenvalue weighted by molar-refractivity contribution is 5.92. The molecule has 0 aliphatic carbocycles. The molecule has 1 aromatic heterocycles. The number of nitrogen functional groups attached to an aromatic ring is 1. The Hall–Kier alpha value is -2.03. The van der Waals surface area contributed by atoms with Crippen molar-refractivity contribution < 1.29 is 4.42 Å². The molecular formula is C14H16N2O. The Labute approximate surface area is 101 Å². The Morgan fingerprint density at radius 3 is 2.24 bits per heavy atom. The van der Waals surface area contributed by atoms with Gasteiger partial charge >= 0.3 is 0 Å². The summed E-state index contributed by atoms with van der Waals surface area (Å²) in [5.74, 6) is 1.63. The summed E-state index contributed by atoms with van der Waals surface area (Å²) < 4.78 is 5.48. The summed E-state index contributed by atoms with van der Waals surface area (Å²) >= 11 is 0. The Morgan fingerprint density at radius 1 is 1.12 bits per heavy atom. The molecule has 88 valence electrons. The van der Waals surface area contributed by atoms with Crippen LogP contribution >= 0.6 is 0 Å². The third-order valence-corrected chi connectivity index (χ3v) is 2.73. The van der Waals surface area contributed by atoms with E-state index in [4.69, 9.17) is 15.6 Å². The molecule has 2 rings (SSSR count). The highest BCUT2D eigenvalue weighted by atomic mass is 16.3. The fraction of sp³-hybridized carbons (Fsp3) is 0.214. The van der Waals surface area contributed by atoms with Crippen LogP contribution in [0.25, 0.3) is 11.3 Å². The molecule has 0 bridgehead atoms. The van der Waals surface area contributed by atoms with Gasteiger partial charge in [-0.1, -0.05) is 38.1 Å². The van der Waals surface area contributed by atoms with Gasteiger partial charge in [0.2, 0.25) is 0 Å². The van der Waals surface area contributed by atoms with Crippen LogP contribution in [0.5, 0.6) is 0 Å². The normalized spacial score (nSPS) is 10.8. The average molecular weight is 228 g/mol. The molecule has 0 amide bonds. The number of amidine groups is 1. The zero-order chi connectivity index (χ0) is 12.4. The molecule has 17 heavy (non-hydrogen) atoms. The van der Waals surface area contributed by atoms with E-state index >= 15 is 0 Å². The minimum Gasteiger partial charge on any atom is -0.453 e. The van der Waals surface area contributed by atoms with Gasteiger partial charge in [-0.05, 0) is 23.6 Å². The molecule has 0 spiro atoms. The molecule has 2 aromatic rings. The van der Waals surface area contributed by atoms with E-state index in [9.17, 15) is 0 Å². The first-order valence-corrected chi connectivity index (χ1v) is 5.62. The number of rotatable bonds is 3. The maximum Gasteiger partial charge on any atom is 0.168 e. The van der Waals surface area contributed by atoms with Gasteiger partial charge in [-0.25, -0.2) is 0 Å². The zero-order valence-corrected chi connectivity index (χ0v) is 10.0. The topological polar surface area (TPSA) is 63.0 Å². The summed E-state index contributed by atoms with van der Waals surface area (Å²) in [6.07, 6.45) is 0. The van der Waals surface area contributed by atoms with E-state index in [2.05, 4.69) is 26.0 Å². The highest BCUT2D eigenvalue weighted by Crippen LogP contribution is 2.24. The highest BCUT2D eigenvalue weighted by Gasteiger charge is 2.07. The molecule has 3 N–H and O–H groups in total. The van der Waals surface area contributed by atoms with Gasteiger partial charge in [0.1, 0.15) is 5.76 Å². The quantitative estimate of drug-likeness (QED) is 0.625. The van der Waals surface area contributed by atoms with E-state index in [0.29, 0.717) is 11.7 Å². The minimum atomic E-state index is -0.0462. The van der Waals surface area contributed by atoms with Crippen molar-refractivity contribution in [2.75, 3.05) is 0 Å². The van der Waals surface area contributed by atoms with Crippen molar-refractivity contribution in [3.05, 3.63) is 47.7 Å². The van der Waals surface area contributed by atoms with Crippen LogP contribution in [0.3, 0.4) is 0 Å². The summed E-state index contributed by atoms with van der Waals surface area (Å²) in [5, 5.41) is 7.29. The monoisotopic (exact) mass is 228 g/mol. The first-order chi connectivity index (χ1) is 8.08. The number of benzene rings is 1. The second kappa shape index (κ2) is 4.45. The van der Waals surface area contributed by atoms with Crippen molar-refractivity contribution in [1.82, 2.24) is 0 Å². The van der Waals surface area contributed by atoms with E-state index in [1.165, 1.54) is 5.56 Å². The Morgan fingerprint density at radius 2 is 1.76 bits per heavy atom. The molecule has 0 saturated heterocycles. The van der Waals surface area contributed by atoms with E-state index in [-0.39, 0.29) is 5.84 Å². The fourth-order valence-corrected chi connectivity index (χ4v) is 1.67. The molecule has 0 radical (unpaired) electrons. The maximum absolute atomic E-state index is 7.29. The van der Waals surface area contributed by atoms with Crippen molar-refractivity contribution >= 4 is 5.84 Å². The SMILES string of the molecule is CC(C)c1ccc(-c2ccc(C(=N)N)o2)cc1. The molecule has 1 aromatic carbocycles. The fourth-order valence-electron chi connectivity index (χ4n) is 1.67. The number of hydrogen-bond donors (Lipinski definition) is 2. The van der Waals surface area contributed by atoms with Gasteiger partial charge in [0.15, 0.2) is 11.6 Å². The first kappa shape index (κ1) is 11.5. The van der Waals surface area contributed by atoms with Crippen molar-refractivity contribution in [2.24, 2.45) is 5.73 Å². The maximum atomic E-state index is 7.29. The van der Waals surface area contributed by atoms with Crippen LogP contribution in [0, 0.1) is 5.41 Å². The Bertz CT molecular complexity index is 523. The summed E-state index contributed by atoms with van der Waals surface area (Å²) in [7, 11) is 0. The van der Waals surface area contributed by atoms with Gasteiger partial charge in [-0.3, -0.25) is 5.41 Å². The number of hydrogen-bond acceptors (Lipinski definition) is 2. The van der Waals surface area contributed by atoms with Crippen molar-refractivity contribution in [3.8, 4) is 11.3 Å². The van der Waals surface area contributed by atoms with Gasteiger partial charge in [0, 0.05) is 5.56 Å². The lowest BCUT2D eigenvalue weighted by Gasteiger charge is -2.05. The molecule has 0 unspecified atom stereocenters. The van der Waals surface area contributed by atoms with Crippen LogP contribution in [0.1, 0.15) is 31.1 Å². The molecule has 0 aliphatic rings. The summed E-state index contributed by atoms with van der Waals surface area (Å²) in [4.78, 5) is 0. The van der Waals surface area contributed by atoms with E-state index in [1.54, 1.807) is 6.07 Å². The van der Waals surface area contributed by atoms with E-state index in [1.807, 2.05) is 18.2 Å². The Kier molecular flexibility index (Phi) is 3.00.